The van der Waals surface area contributed by atoms with Crippen LogP contribution in [0.15, 0.2) is 18.2 Å². The highest BCUT2D eigenvalue weighted by atomic mass is 16.6. The molecule has 3 atom stereocenters. The van der Waals surface area contributed by atoms with E-state index in [1.165, 1.54) is 6.07 Å². The summed E-state index contributed by atoms with van der Waals surface area (Å²) in [5.41, 5.74) is 7.20. The van der Waals surface area contributed by atoms with Gasteiger partial charge < -0.3 is 15.5 Å². The van der Waals surface area contributed by atoms with E-state index >= 15 is 0 Å². The fourth-order valence-corrected chi connectivity index (χ4v) is 4.68. The number of carbonyl (C=O) groups excluding carboxylic acids is 1. The molecule has 7 heteroatoms. The third-order valence-corrected chi connectivity index (χ3v) is 6.07. The molecule has 0 radical (unpaired) electrons. The fraction of sp³-hybridized carbons (Fsp3) is 0.611. The average Bonchev–Trinajstić information content (AvgIpc) is 3.32. The standard InChI is InChI=1S/C18H24N4O3/c19-15-5-3-13-10-21(11-14(13)15)18(23)12-4-6-16(17(9-12)22(24)25)20-7-1-2-8-20/h4,6,9,13-15H,1-3,5,7-8,10-11,19H2. The molecule has 1 amide bonds. The van der Waals surface area contributed by atoms with E-state index in [4.69, 9.17) is 5.73 Å². The topological polar surface area (TPSA) is 92.7 Å². The highest BCUT2D eigenvalue weighted by Gasteiger charge is 2.42. The van der Waals surface area contributed by atoms with Crippen LogP contribution in [0.5, 0.6) is 0 Å². The van der Waals surface area contributed by atoms with Gasteiger partial charge in [0.2, 0.25) is 0 Å². The average molecular weight is 344 g/mol. The predicted octanol–water partition coefficient (Wildman–Crippen LogP) is 2.00. The van der Waals surface area contributed by atoms with Crippen LogP contribution < -0.4 is 10.6 Å². The monoisotopic (exact) mass is 344 g/mol. The van der Waals surface area contributed by atoms with E-state index in [-0.39, 0.29) is 22.6 Å². The zero-order valence-corrected chi connectivity index (χ0v) is 14.3. The molecule has 134 valence electrons. The molecule has 0 bridgehead atoms. The van der Waals surface area contributed by atoms with Gasteiger partial charge in [0, 0.05) is 43.9 Å². The first-order valence-corrected chi connectivity index (χ1v) is 9.13. The Morgan fingerprint density at radius 1 is 1.20 bits per heavy atom. The Hall–Kier alpha value is -2.15. The van der Waals surface area contributed by atoms with Crippen molar-refractivity contribution in [1.82, 2.24) is 4.90 Å². The highest BCUT2D eigenvalue weighted by Crippen LogP contribution is 2.38. The third kappa shape index (κ3) is 2.86. The number of rotatable bonds is 3. The molecule has 7 nitrogen and oxygen atoms in total. The molecule has 3 fully saturated rings. The molecule has 1 aliphatic carbocycles. The van der Waals surface area contributed by atoms with Crippen molar-refractivity contribution in [2.24, 2.45) is 17.6 Å². The summed E-state index contributed by atoms with van der Waals surface area (Å²) >= 11 is 0. The summed E-state index contributed by atoms with van der Waals surface area (Å²) in [4.78, 5) is 27.8. The van der Waals surface area contributed by atoms with E-state index in [2.05, 4.69) is 0 Å². The Bertz CT molecular complexity index is 702. The molecule has 1 saturated carbocycles. The summed E-state index contributed by atoms with van der Waals surface area (Å²) in [5, 5.41) is 11.5. The maximum atomic E-state index is 12.8. The second kappa shape index (κ2) is 6.29. The molecule has 2 saturated heterocycles. The number of carbonyl (C=O) groups is 1. The lowest BCUT2D eigenvalue weighted by atomic mass is 9.98. The molecule has 2 aliphatic heterocycles. The van der Waals surface area contributed by atoms with Crippen LogP contribution in [-0.4, -0.2) is 48.0 Å². The first kappa shape index (κ1) is 16.3. The van der Waals surface area contributed by atoms with Gasteiger partial charge in [-0.1, -0.05) is 0 Å². The number of benzene rings is 1. The molecule has 1 aromatic carbocycles. The summed E-state index contributed by atoms with van der Waals surface area (Å²) in [6.45, 7) is 3.06. The van der Waals surface area contributed by atoms with Gasteiger partial charge in [-0.2, -0.15) is 0 Å². The second-order valence-corrected chi connectivity index (χ2v) is 7.53. The maximum absolute atomic E-state index is 12.8. The van der Waals surface area contributed by atoms with Crippen molar-refractivity contribution in [1.29, 1.82) is 0 Å². The van der Waals surface area contributed by atoms with E-state index in [0.717, 1.165) is 45.3 Å². The number of nitro groups is 1. The van der Waals surface area contributed by atoms with Crippen LogP contribution in [0.4, 0.5) is 11.4 Å². The van der Waals surface area contributed by atoms with Crippen LogP contribution in [0.3, 0.4) is 0 Å². The van der Waals surface area contributed by atoms with E-state index in [1.54, 1.807) is 12.1 Å². The van der Waals surface area contributed by atoms with Crippen molar-refractivity contribution < 1.29 is 9.72 Å². The Morgan fingerprint density at radius 3 is 2.64 bits per heavy atom. The van der Waals surface area contributed by atoms with Crippen molar-refractivity contribution in [2.45, 2.75) is 31.7 Å². The Kier molecular flexibility index (Phi) is 4.11. The van der Waals surface area contributed by atoms with Crippen molar-refractivity contribution in [2.75, 3.05) is 31.1 Å². The largest absolute Gasteiger partial charge is 0.366 e. The van der Waals surface area contributed by atoms with Gasteiger partial charge in [0.15, 0.2) is 0 Å². The molecule has 1 aromatic rings. The molecule has 25 heavy (non-hydrogen) atoms. The van der Waals surface area contributed by atoms with Gasteiger partial charge in [0.25, 0.3) is 11.6 Å². The SMILES string of the molecule is NC1CCC2CN(C(=O)c3ccc(N4CCCC4)c([N+](=O)[O-])c3)CC12. The summed E-state index contributed by atoms with van der Waals surface area (Å²) in [5.74, 6) is 0.748. The Balaban J connectivity index is 1.57. The van der Waals surface area contributed by atoms with Gasteiger partial charge in [-0.3, -0.25) is 14.9 Å². The number of anilines is 1. The van der Waals surface area contributed by atoms with Crippen LogP contribution in [0, 0.1) is 22.0 Å². The van der Waals surface area contributed by atoms with Crippen LogP contribution in [-0.2, 0) is 0 Å². The number of amides is 1. The van der Waals surface area contributed by atoms with Crippen LogP contribution in [0.2, 0.25) is 0 Å². The van der Waals surface area contributed by atoms with E-state index in [1.807, 2.05) is 9.80 Å². The van der Waals surface area contributed by atoms with Crippen molar-refractivity contribution in [3.8, 4) is 0 Å². The van der Waals surface area contributed by atoms with Gasteiger partial charge in [0.05, 0.1) is 4.92 Å². The molecule has 3 aliphatic rings. The molecular formula is C18H24N4O3. The lowest BCUT2D eigenvalue weighted by Crippen LogP contribution is -2.33. The summed E-state index contributed by atoms with van der Waals surface area (Å²) in [7, 11) is 0. The fourth-order valence-electron chi connectivity index (χ4n) is 4.68. The number of nitrogens with two attached hydrogens (primary N) is 1. The van der Waals surface area contributed by atoms with Gasteiger partial charge in [-0.05, 0) is 49.7 Å². The zero-order valence-electron chi connectivity index (χ0n) is 14.3. The number of likely N-dealkylation sites (tertiary alicyclic amines) is 1. The molecule has 3 unspecified atom stereocenters. The number of nitrogens with zero attached hydrogens (tertiary/aromatic N) is 3. The number of fused-ring (bicyclic) bond motifs is 1. The van der Waals surface area contributed by atoms with E-state index in [9.17, 15) is 14.9 Å². The molecular weight excluding hydrogens is 320 g/mol. The highest BCUT2D eigenvalue weighted by molar-refractivity contribution is 5.96. The van der Waals surface area contributed by atoms with E-state index in [0.29, 0.717) is 29.6 Å². The smallest absolute Gasteiger partial charge is 0.293 e. The van der Waals surface area contributed by atoms with Crippen molar-refractivity contribution in [3.63, 3.8) is 0 Å². The number of nitro benzene ring substituents is 1. The Labute approximate surface area is 146 Å². The minimum Gasteiger partial charge on any atom is -0.366 e. The zero-order chi connectivity index (χ0) is 17.6. The summed E-state index contributed by atoms with van der Waals surface area (Å²) in [6, 6.07) is 5.09. The van der Waals surface area contributed by atoms with Crippen LogP contribution in [0.25, 0.3) is 0 Å². The van der Waals surface area contributed by atoms with Crippen molar-refractivity contribution in [3.05, 3.63) is 33.9 Å². The quantitative estimate of drug-likeness (QED) is 0.669. The van der Waals surface area contributed by atoms with Crippen LogP contribution >= 0.6 is 0 Å². The number of hydrogen-bond donors (Lipinski definition) is 1. The molecule has 4 rings (SSSR count). The van der Waals surface area contributed by atoms with Crippen molar-refractivity contribution >= 4 is 17.3 Å². The Morgan fingerprint density at radius 2 is 1.96 bits per heavy atom. The predicted molar refractivity (Wildman–Crippen MR) is 94.6 cm³/mol. The summed E-state index contributed by atoms with van der Waals surface area (Å²) in [6.07, 6.45) is 4.21. The minimum absolute atomic E-state index is 0.0313. The second-order valence-electron chi connectivity index (χ2n) is 7.53. The lowest BCUT2D eigenvalue weighted by Gasteiger charge is -2.20. The third-order valence-electron chi connectivity index (χ3n) is 6.07. The molecule has 0 spiro atoms. The molecule has 2 N–H and O–H groups in total. The maximum Gasteiger partial charge on any atom is 0.293 e. The van der Waals surface area contributed by atoms with Gasteiger partial charge in [0.1, 0.15) is 5.69 Å². The van der Waals surface area contributed by atoms with Gasteiger partial charge in [-0.15, -0.1) is 0 Å². The summed E-state index contributed by atoms with van der Waals surface area (Å²) < 4.78 is 0. The molecule has 2 heterocycles. The number of hydrogen-bond acceptors (Lipinski definition) is 5. The first-order chi connectivity index (χ1) is 12.0. The van der Waals surface area contributed by atoms with E-state index < -0.39 is 0 Å². The minimum atomic E-state index is -0.376. The first-order valence-electron chi connectivity index (χ1n) is 9.13. The van der Waals surface area contributed by atoms with Gasteiger partial charge >= 0.3 is 0 Å². The lowest BCUT2D eigenvalue weighted by molar-refractivity contribution is -0.384. The molecule has 0 aromatic heterocycles. The normalized spacial score (nSPS) is 28.4. The van der Waals surface area contributed by atoms with Crippen LogP contribution in [0.1, 0.15) is 36.0 Å². The van der Waals surface area contributed by atoms with Gasteiger partial charge in [-0.25, -0.2) is 0 Å².